The number of hydrogen-bond donors (Lipinski definition) is 0. The van der Waals surface area contributed by atoms with E-state index in [9.17, 15) is 0 Å². The van der Waals surface area contributed by atoms with Crippen LogP contribution in [0.1, 0.15) is 97.3 Å². The molecule has 0 unspecified atom stereocenters. The summed E-state index contributed by atoms with van der Waals surface area (Å²) in [5.41, 5.74) is 0. The number of hydrogen-bond acceptors (Lipinski definition) is 0. The van der Waals surface area contributed by atoms with E-state index in [-0.39, 0.29) is 0 Å². The van der Waals surface area contributed by atoms with Crippen molar-refractivity contribution in [3.8, 4) is 0 Å². The standard InChI is InChI=1S/C23H40/c1-3-5-9-21-16-18-23(19-17-21)11-7-6-10-22-14-12-20(8-4-2)13-15-22/h3,5-7,20-23H,4,8-19H2,1-2H3/b5-3+,7-6-. The molecule has 0 nitrogen and oxygen atoms in total. The van der Waals surface area contributed by atoms with E-state index in [2.05, 4.69) is 38.2 Å². The molecule has 0 aromatic carbocycles. The Hall–Kier alpha value is -0.520. The summed E-state index contributed by atoms with van der Waals surface area (Å²) in [6.45, 7) is 4.48. The van der Waals surface area contributed by atoms with Gasteiger partial charge in [0.25, 0.3) is 0 Å². The molecule has 0 heteroatoms. The van der Waals surface area contributed by atoms with Crippen molar-refractivity contribution in [2.24, 2.45) is 23.7 Å². The zero-order valence-corrected chi connectivity index (χ0v) is 15.8. The molecule has 0 aromatic heterocycles. The van der Waals surface area contributed by atoms with Gasteiger partial charge in [-0.3, -0.25) is 0 Å². The van der Waals surface area contributed by atoms with Gasteiger partial charge in [-0.15, -0.1) is 0 Å². The van der Waals surface area contributed by atoms with Gasteiger partial charge in [-0.05, 0) is 88.4 Å². The zero-order chi connectivity index (χ0) is 16.3. The molecule has 0 saturated heterocycles. The summed E-state index contributed by atoms with van der Waals surface area (Å²) in [5, 5.41) is 0. The normalized spacial score (nSPS) is 32.8. The van der Waals surface area contributed by atoms with E-state index >= 15 is 0 Å². The first-order valence-corrected chi connectivity index (χ1v) is 10.6. The first kappa shape index (κ1) is 18.8. The average Bonchev–Trinajstić information content (AvgIpc) is 2.59. The number of rotatable bonds is 8. The van der Waals surface area contributed by atoms with E-state index in [0.29, 0.717) is 0 Å². The third-order valence-electron chi connectivity index (χ3n) is 6.44. The molecule has 0 bridgehead atoms. The van der Waals surface area contributed by atoms with E-state index in [1.807, 2.05) is 0 Å². The van der Waals surface area contributed by atoms with Gasteiger partial charge in [0.15, 0.2) is 0 Å². The van der Waals surface area contributed by atoms with Crippen LogP contribution in [0.5, 0.6) is 0 Å². The quantitative estimate of drug-likeness (QED) is 0.402. The van der Waals surface area contributed by atoms with Crippen molar-refractivity contribution in [1.29, 1.82) is 0 Å². The van der Waals surface area contributed by atoms with Crippen molar-refractivity contribution >= 4 is 0 Å². The highest BCUT2D eigenvalue weighted by Crippen LogP contribution is 2.34. The highest BCUT2D eigenvalue weighted by Gasteiger charge is 2.20. The van der Waals surface area contributed by atoms with Gasteiger partial charge in [0, 0.05) is 0 Å². The maximum Gasteiger partial charge on any atom is -0.0322 e. The van der Waals surface area contributed by atoms with Crippen LogP contribution in [0.3, 0.4) is 0 Å². The third kappa shape index (κ3) is 7.27. The van der Waals surface area contributed by atoms with Crippen LogP contribution in [0.15, 0.2) is 24.3 Å². The fourth-order valence-corrected chi connectivity index (χ4v) is 4.77. The van der Waals surface area contributed by atoms with Gasteiger partial charge < -0.3 is 0 Å². The molecule has 0 aliphatic heterocycles. The lowest BCUT2D eigenvalue weighted by atomic mass is 9.78. The summed E-state index contributed by atoms with van der Waals surface area (Å²) < 4.78 is 0. The molecular weight excluding hydrogens is 276 g/mol. The van der Waals surface area contributed by atoms with Crippen LogP contribution >= 0.6 is 0 Å². The number of allylic oxidation sites excluding steroid dienone is 4. The van der Waals surface area contributed by atoms with Crippen molar-refractivity contribution < 1.29 is 0 Å². The Morgan fingerprint density at radius 3 is 1.39 bits per heavy atom. The second kappa shape index (κ2) is 11.1. The van der Waals surface area contributed by atoms with Crippen LogP contribution in [-0.4, -0.2) is 0 Å². The second-order valence-corrected chi connectivity index (χ2v) is 8.31. The summed E-state index contributed by atoms with van der Waals surface area (Å²) in [4.78, 5) is 0. The highest BCUT2D eigenvalue weighted by atomic mass is 14.3. The van der Waals surface area contributed by atoms with Gasteiger partial charge in [0.2, 0.25) is 0 Å². The van der Waals surface area contributed by atoms with E-state index in [4.69, 9.17) is 0 Å². The Morgan fingerprint density at radius 2 is 1.00 bits per heavy atom. The molecule has 0 spiro atoms. The molecular formula is C23H40. The fraction of sp³-hybridized carbons (Fsp3) is 0.826. The smallest absolute Gasteiger partial charge is 0.0322 e. The predicted molar refractivity (Wildman–Crippen MR) is 104 cm³/mol. The van der Waals surface area contributed by atoms with E-state index in [1.54, 1.807) is 0 Å². The lowest BCUT2D eigenvalue weighted by molar-refractivity contribution is 0.262. The minimum atomic E-state index is 0.977. The lowest BCUT2D eigenvalue weighted by Crippen LogP contribution is -2.14. The van der Waals surface area contributed by atoms with Crippen molar-refractivity contribution in [3.05, 3.63) is 24.3 Å². The molecule has 0 aromatic rings. The maximum atomic E-state index is 2.52. The first-order valence-electron chi connectivity index (χ1n) is 10.6. The van der Waals surface area contributed by atoms with Crippen molar-refractivity contribution in [1.82, 2.24) is 0 Å². The Kier molecular flexibility index (Phi) is 9.09. The van der Waals surface area contributed by atoms with Crippen LogP contribution in [0.2, 0.25) is 0 Å². The molecule has 2 aliphatic carbocycles. The minimum absolute atomic E-state index is 0.977. The topological polar surface area (TPSA) is 0 Å². The van der Waals surface area contributed by atoms with Gasteiger partial charge in [0.1, 0.15) is 0 Å². The highest BCUT2D eigenvalue weighted by molar-refractivity contribution is 4.89. The van der Waals surface area contributed by atoms with Gasteiger partial charge in [0.05, 0.1) is 0 Å². The van der Waals surface area contributed by atoms with E-state index < -0.39 is 0 Å². The van der Waals surface area contributed by atoms with Gasteiger partial charge in [-0.25, -0.2) is 0 Å². The summed E-state index contributed by atoms with van der Waals surface area (Å²) >= 11 is 0. The van der Waals surface area contributed by atoms with E-state index in [0.717, 1.165) is 23.7 Å². The Balaban J connectivity index is 1.54. The maximum absolute atomic E-state index is 2.52. The van der Waals surface area contributed by atoms with Gasteiger partial charge in [-0.1, -0.05) is 56.9 Å². The summed E-state index contributed by atoms with van der Waals surface area (Å²) in [6.07, 6.45) is 28.3. The van der Waals surface area contributed by atoms with Crippen LogP contribution in [-0.2, 0) is 0 Å². The summed E-state index contributed by atoms with van der Waals surface area (Å²) in [6, 6.07) is 0. The summed E-state index contributed by atoms with van der Waals surface area (Å²) in [5.74, 6) is 4.01. The fourth-order valence-electron chi connectivity index (χ4n) is 4.77. The molecule has 2 saturated carbocycles. The molecule has 2 fully saturated rings. The predicted octanol–water partition coefficient (Wildman–Crippen LogP) is 7.70. The molecule has 2 aliphatic rings. The first-order chi connectivity index (χ1) is 11.3. The van der Waals surface area contributed by atoms with Gasteiger partial charge >= 0.3 is 0 Å². The molecule has 0 heterocycles. The van der Waals surface area contributed by atoms with Crippen molar-refractivity contribution in [2.75, 3.05) is 0 Å². The molecule has 0 N–H and O–H groups in total. The Morgan fingerprint density at radius 1 is 0.609 bits per heavy atom. The molecule has 132 valence electrons. The Bertz CT molecular complexity index is 335. The Labute approximate surface area is 145 Å². The van der Waals surface area contributed by atoms with Crippen LogP contribution in [0.4, 0.5) is 0 Å². The molecule has 0 atom stereocenters. The van der Waals surface area contributed by atoms with Gasteiger partial charge in [-0.2, -0.15) is 0 Å². The van der Waals surface area contributed by atoms with Crippen LogP contribution in [0.25, 0.3) is 0 Å². The van der Waals surface area contributed by atoms with E-state index in [1.165, 1.54) is 83.5 Å². The molecule has 2 rings (SSSR count). The minimum Gasteiger partial charge on any atom is -0.0917 e. The lowest BCUT2D eigenvalue weighted by Gasteiger charge is -2.28. The van der Waals surface area contributed by atoms with Crippen molar-refractivity contribution in [3.63, 3.8) is 0 Å². The third-order valence-corrected chi connectivity index (χ3v) is 6.44. The molecule has 23 heavy (non-hydrogen) atoms. The van der Waals surface area contributed by atoms with Crippen LogP contribution in [0, 0.1) is 23.7 Å². The molecule has 0 radical (unpaired) electrons. The average molecular weight is 317 g/mol. The van der Waals surface area contributed by atoms with Crippen molar-refractivity contribution in [2.45, 2.75) is 97.3 Å². The monoisotopic (exact) mass is 316 g/mol. The zero-order valence-electron chi connectivity index (χ0n) is 15.8. The SMILES string of the molecule is C/C=C/CC1CCC(C/C=C\CC2CCC(CCC)CC2)CC1. The largest absolute Gasteiger partial charge is 0.0917 e. The van der Waals surface area contributed by atoms with Crippen LogP contribution < -0.4 is 0 Å². The molecule has 0 amide bonds. The summed E-state index contributed by atoms with van der Waals surface area (Å²) in [7, 11) is 0. The second-order valence-electron chi connectivity index (χ2n) is 8.31.